The van der Waals surface area contributed by atoms with E-state index in [1.54, 1.807) is 7.11 Å². The fourth-order valence-electron chi connectivity index (χ4n) is 2.52. The first kappa shape index (κ1) is 14.7. The second kappa shape index (κ2) is 6.69. The molecule has 2 aromatic rings. The zero-order valence-electron chi connectivity index (χ0n) is 12.8. The van der Waals surface area contributed by atoms with Crippen LogP contribution in [-0.2, 0) is 24.3 Å². The van der Waals surface area contributed by atoms with Crippen LogP contribution in [0.3, 0.4) is 0 Å². The molecule has 1 aliphatic heterocycles. The van der Waals surface area contributed by atoms with E-state index < -0.39 is 0 Å². The average molecular weight is 304 g/mol. The van der Waals surface area contributed by atoms with Crippen LogP contribution in [0, 0.1) is 0 Å². The number of fused-ring (bicyclic) bond motifs is 1. The standard InChI is InChI=1S/C14H20N6O2/c1-3-22-14-6-11(15-9-16-14)17-10-4-5-13-18-12(8-21-2)19-20(13)7-10/h6,9-10H,3-5,7-8H2,1-2H3,(H,15,16,17). The molecule has 0 spiro atoms. The number of hydrogen-bond acceptors (Lipinski definition) is 7. The Balaban J connectivity index is 1.65. The van der Waals surface area contributed by atoms with Crippen molar-refractivity contribution < 1.29 is 9.47 Å². The minimum Gasteiger partial charge on any atom is -0.478 e. The number of hydrogen-bond donors (Lipinski definition) is 1. The minimum atomic E-state index is 0.258. The van der Waals surface area contributed by atoms with Crippen molar-refractivity contribution in [3.05, 3.63) is 24.0 Å². The molecule has 22 heavy (non-hydrogen) atoms. The summed E-state index contributed by atoms with van der Waals surface area (Å²) in [7, 11) is 1.65. The molecule has 2 aromatic heterocycles. The zero-order valence-corrected chi connectivity index (χ0v) is 12.8. The number of rotatable bonds is 6. The molecular formula is C14H20N6O2. The largest absolute Gasteiger partial charge is 0.478 e. The topological polar surface area (TPSA) is 87.0 Å². The Morgan fingerprint density at radius 2 is 2.32 bits per heavy atom. The lowest BCUT2D eigenvalue weighted by atomic mass is 10.1. The zero-order chi connectivity index (χ0) is 15.4. The van der Waals surface area contributed by atoms with Gasteiger partial charge in [-0.3, -0.25) is 0 Å². The molecule has 3 heterocycles. The van der Waals surface area contributed by atoms with Gasteiger partial charge in [0.2, 0.25) is 5.88 Å². The Labute approximate surface area is 128 Å². The Bertz CT molecular complexity index is 630. The summed E-state index contributed by atoms with van der Waals surface area (Å²) in [5.74, 6) is 3.10. The highest BCUT2D eigenvalue weighted by molar-refractivity contribution is 5.38. The molecular weight excluding hydrogens is 284 g/mol. The molecule has 0 aliphatic carbocycles. The van der Waals surface area contributed by atoms with Crippen LogP contribution in [0.5, 0.6) is 5.88 Å². The van der Waals surface area contributed by atoms with Gasteiger partial charge < -0.3 is 14.8 Å². The second-order valence-corrected chi connectivity index (χ2v) is 5.11. The molecule has 0 saturated carbocycles. The molecule has 1 aliphatic rings. The molecule has 0 radical (unpaired) electrons. The van der Waals surface area contributed by atoms with Gasteiger partial charge in [0.05, 0.1) is 13.2 Å². The van der Waals surface area contributed by atoms with Crippen LogP contribution in [0.25, 0.3) is 0 Å². The summed E-state index contributed by atoms with van der Waals surface area (Å²) in [4.78, 5) is 12.8. The SMILES string of the molecule is CCOc1cc(NC2CCc3nc(COC)nn3C2)ncn1. The summed E-state index contributed by atoms with van der Waals surface area (Å²) >= 11 is 0. The molecule has 0 amide bonds. The maximum absolute atomic E-state index is 5.39. The van der Waals surface area contributed by atoms with Gasteiger partial charge in [-0.25, -0.2) is 19.6 Å². The van der Waals surface area contributed by atoms with E-state index >= 15 is 0 Å². The van der Waals surface area contributed by atoms with Crippen molar-refractivity contribution in [3.8, 4) is 5.88 Å². The van der Waals surface area contributed by atoms with E-state index in [0.717, 1.165) is 36.9 Å². The highest BCUT2D eigenvalue weighted by atomic mass is 16.5. The molecule has 8 nitrogen and oxygen atoms in total. The highest BCUT2D eigenvalue weighted by Gasteiger charge is 2.22. The van der Waals surface area contributed by atoms with E-state index in [-0.39, 0.29) is 6.04 Å². The number of aromatic nitrogens is 5. The monoisotopic (exact) mass is 304 g/mol. The van der Waals surface area contributed by atoms with Crippen LogP contribution >= 0.6 is 0 Å². The molecule has 0 fully saturated rings. The number of methoxy groups -OCH3 is 1. The van der Waals surface area contributed by atoms with E-state index in [9.17, 15) is 0 Å². The fourth-order valence-corrected chi connectivity index (χ4v) is 2.52. The maximum Gasteiger partial charge on any atom is 0.218 e. The van der Waals surface area contributed by atoms with Crippen LogP contribution in [0.2, 0.25) is 0 Å². The molecule has 1 N–H and O–H groups in total. The van der Waals surface area contributed by atoms with Gasteiger partial charge in [-0.2, -0.15) is 5.10 Å². The predicted octanol–water partition coefficient (Wildman–Crippen LogP) is 1.04. The molecule has 3 rings (SSSR count). The number of nitrogens with one attached hydrogen (secondary N) is 1. The van der Waals surface area contributed by atoms with Crippen molar-refractivity contribution in [2.24, 2.45) is 0 Å². The molecule has 0 bridgehead atoms. The lowest BCUT2D eigenvalue weighted by Crippen LogP contribution is -2.32. The Morgan fingerprint density at radius 3 is 3.14 bits per heavy atom. The minimum absolute atomic E-state index is 0.258. The van der Waals surface area contributed by atoms with Crippen molar-refractivity contribution >= 4 is 5.82 Å². The van der Waals surface area contributed by atoms with Gasteiger partial charge in [-0.15, -0.1) is 0 Å². The Kier molecular flexibility index (Phi) is 4.47. The van der Waals surface area contributed by atoms with Crippen LogP contribution in [0.1, 0.15) is 25.0 Å². The van der Waals surface area contributed by atoms with Crippen LogP contribution in [-0.4, -0.2) is 44.5 Å². The number of ether oxygens (including phenoxy) is 2. The molecule has 0 aromatic carbocycles. The Hall–Kier alpha value is -2.22. The summed E-state index contributed by atoms with van der Waals surface area (Å²) in [6, 6.07) is 2.07. The summed E-state index contributed by atoms with van der Waals surface area (Å²) in [5.41, 5.74) is 0. The van der Waals surface area contributed by atoms with Crippen LogP contribution in [0.15, 0.2) is 12.4 Å². The lowest BCUT2D eigenvalue weighted by molar-refractivity contribution is 0.177. The highest BCUT2D eigenvalue weighted by Crippen LogP contribution is 2.18. The average Bonchev–Trinajstić information content (AvgIpc) is 2.90. The van der Waals surface area contributed by atoms with Crippen LogP contribution < -0.4 is 10.1 Å². The molecule has 0 saturated heterocycles. The number of nitrogens with zero attached hydrogens (tertiary/aromatic N) is 5. The second-order valence-electron chi connectivity index (χ2n) is 5.11. The molecule has 1 atom stereocenters. The Morgan fingerprint density at radius 1 is 1.41 bits per heavy atom. The van der Waals surface area contributed by atoms with E-state index in [0.29, 0.717) is 19.1 Å². The van der Waals surface area contributed by atoms with Gasteiger partial charge in [0, 0.05) is 25.6 Å². The molecule has 1 unspecified atom stereocenters. The predicted molar refractivity (Wildman–Crippen MR) is 79.7 cm³/mol. The number of aryl methyl sites for hydroxylation is 1. The summed E-state index contributed by atoms with van der Waals surface area (Å²) < 4.78 is 12.4. The van der Waals surface area contributed by atoms with Gasteiger partial charge in [0.15, 0.2) is 5.82 Å². The smallest absolute Gasteiger partial charge is 0.218 e. The lowest BCUT2D eigenvalue weighted by Gasteiger charge is -2.23. The molecule has 118 valence electrons. The first-order valence-corrected chi connectivity index (χ1v) is 7.41. The number of anilines is 1. The maximum atomic E-state index is 5.39. The van der Waals surface area contributed by atoms with Gasteiger partial charge in [0.1, 0.15) is 24.6 Å². The first-order chi connectivity index (χ1) is 10.8. The summed E-state index contributed by atoms with van der Waals surface area (Å²) in [6.07, 6.45) is 3.38. The normalized spacial score (nSPS) is 17.1. The van der Waals surface area contributed by atoms with Crippen LogP contribution in [0.4, 0.5) is 5.82 Å². The van der Waals surface area contributed by atoms with Gasteiger partial charge >= 0.3 is 0 Å². The van der Waals surface area contributed by atoms with Crippen molar-refractivity contribution in [1.29, 1.82) is 0 Å². The summed E-state index contributed by atoms with van der Waals surface area (Å²) in [5, 5.41) is 7.87. The fraction of sp³-hybridized carbons (Fsp3) is 0.571. The van der Waals surface area contributed by atoms with E-state index in [2.05, 4.69) is 25.4 Å². The van der Waals surface area contributed by atoms with Gasteiger partial charge in [0.25, 0.3) is 0 Å². The third kappa shape index (κ3) is 3.33. The van der Waals surface area contributed by atoms with Crippen molar-refractivity contribution in [3.63, 3.8) is 0 Å². The quantitative estimate of drug-likeness (QED) is 0.853. The van der Waals surface area contributed by atoms with Gasteiger partial charge in [-0.1, -0.05) is 0 Å². The van der Waals surface area contributed by atoms with E-state index in [4.69, 9.17) is 9.47 Å². The van der Waals surface area contributed by atoms with Gasteiger partial charge in [-0.05, 0) is 13.3 Å². The van der Waals surface area contributed by atoms with Crippen molar-refractivity contribution in [2.75, 3.05) is 19.0 Å². The van der Waals surface area contributed by atoms with E-state index in [1.807, 2.05) is 17.7 Å². The van der Waals surface area contributed by atoms with Crippen molar-refractivity contribution in [2.45, 2.75) is 39.0 Å². The molecule has 8 heteroatoms. The first-order valence-electron chi connectivity index (χ1n) is 7.41. The van der Waals surface area contributed by atoms with E-state index in [1.165, 1.54) is 6.33 Å². The summed E-state index contributed by atoms with van der Waals surface area (Å²) in [6.45, 7) is 3.73. The third-order valence-corrected chi connectivity index (χ3v) is 3.46. The third-order valence-electron chi connectivity index (χ3n) is 3.46. The van der Waals surface area contributed by atoms with Crippen molar-refractivity contribution in [1.82, 2.24) is 24.7 Å².